The molecular formula is C16H21N5O3. The molecule has 0 aromatic carbocycles. The monoisotopic (exact) mass is 331 g/mol. The fourth-order valence-electron chi connectivity index (χ4n) is 2.65. The highest BCUT2D eigenvalue weighted by Gasteiger charge is 2.32. The van der Waals surface area contributed by atoms with Crippen molar-refractivity contribution in [2.45, 2.75) is 38.3 Å². The van der Waals surface area contributed by atoms with Crippen molar-refractivity contribution in [1.82, 2.24) is 20.0 Å². The highest BCUT2D eigenvalue weighted by Crippen LogP contribution is 2.19. The Labute approximate surface area is 139 Å². The molecule has 1 amide bonds. The zero-order chi connectivity index (χ0) is 17.1. The Morgan fingerprint density at radius 1 is 1.42 bits per heavy atom. The van der Waals surface area contributed by atoms with Gasteiger partial charge in [0.2, 0.25) is 5.95 Å². The number of anilines is 1. The second-order valence-electron chi connectivity index (χ2n) is 6.20. The van der Waals surface area contributed by atoms with Crippen molar-refractivity contribution >= 4 is 11.9 Å². The van der Waals surface area contributed by atoms with Gasteiger partial charge < -0.3 is 19.8 Å². The van der Waals surface area contributed by atoms with E-state index in [9.17, 15) is 9.90 Å². The predicted molar refractivity (Wildman–Crippen MR) is 86.6 cm³/mol. The minimum absolute atomic E-state index is 0.172. The molecule has 0 bridgehead atoms. The molecule has 1 aliphatic heterocycles. The molecule has 0 aliphatic carbocycles. The number of hydrogen-bond donors (Lipinski definition) is 2. The van der Waals surface area contributed by atoms with Gasteiger partial charge in [0.15, 0.2) is 5.69 Å². The number of piperidine rings is 1. The van der Waals surface area contributed by atoms with Crippen LogP contribution in [-0.4, -0.2) is 56.3 Å². The van der Waals surface area contributed by atoms with Gasteiger partial charge in [0.1, 0.15) is 5.76 Å². The molecule has 0 radical (unpaired) electrons. The van der Waals surface area contributed by atoms with Crippen LogP contribution in [0.5, 0.6) is 0 Å². The van der Waals surface area contributed by atoms with Gasteiger partial charge in [-0.2, -0.15) is 0 Å². The summed E-state index contributed by atoms with van der Waals surface area (Å²) in [6.45, 7) is 4.69. The fraction of sp³-hybridized carbons (Fsp3) is 0.500. The van der Waals surface area contributed by atoms with Crippen LogP contribution in [0.25, 0.3) is 0 Å². The van der Waals surface area contributed by atoms with Crippen LogP contribution >= 0.6 is 0 Å². The lowest BCUT2D eigenvalue weighted by molar-refractivity contribution is 0.0417. The lowest BCUT2D eigenvalue weighted by atomic mass is 10.0. The molecule has 3 rings (SSSR count). The molecule has 8 heteroatoms. The number of likely N-dealkylation sites (tertiary alicyclic amines) is 1. The number of carbonyl (C=O) groups is 1. The number of aromatic nitrogens is 3. The zero-order valence-electron chi connectivity index (χ0n) is 13.7. The van der Waals surface area contributed by atoms with E-state index in [0.717, 1.165) is 0 Å². The van der Waals surface area contributed by atoms with Crippen molar-refractivity contribution in [3.8, 4) is 0 Å². The van der Waals surface area contributed by atoms with E-state index in [0.29, 0.717) is 24.7 Å². The number of β-amino-alcohol motifs (C(OH)–C–C–N with tert-alkyl or cyclic N) is 1. The molecule has 2 aromatic rings. The minimum Gasteiger partial charge on any atom is -0.389 e. The third-order valence-corrected chi connectivity index (χ3v) is 4.07. The minimum atomic E-state index is -0.706. The van der Waals surface area contributed by atoms with Crippen molar-refractivity contribution in [2.75, 3.05) is 18.4 Å². The summed E-state index contributed by atoms with van der Waals surface area (Å²) in [6.07, 6.45) is 3.16. The molecular weight excluding hydrogens is 310 g/mol. The maximum atomic E-state index is 12.5. The van der Waals surface area contributed by atoms with Gasteiger partial charge in [-0.05, 0) is 12.5 Å². The second-order valence-corrected chi connectivity index (χ2v) is 6.20. The van der Waals surface area contributed by atoms with Crippen molar-refractivity contribution in [2.24, 2.45) is 0 Å². The van der Waals surface area contributed by atoms with Gasteiger partial charge in [0, 0.05) is 37.5 Å². The summed E-state index contributed by atoms with van der Waals surface area (Å²) in [5.41, 5.74) is 0.281. The van der Waals surface area contributed by atoms with Crippen LogP contribution in [0.15, 0.2) is 29.0 Å². The Kier molecular flexibility index (Phi) is 4.75. The van der Waals surface area contributed by atoms with Crippen molar-refractivity contribution < 1.29 is 14.4 Å². The van der Waals surface area contributed by atoms with Crippen molar-refractivity contribution in [3.05, 3.63) is 36.0 Å². The maximum absolute atomic E-state index is 12.5. The number of amides is 1. The standard InChI is InChI=1S/C16H21N5O3/c1-10(2)14-8-12(20-24-14)15(23)21-7-4-11(13(22)9-21)19-16-17-5-3-6-18-16/h3,5-6,8,10-11,13,22H,4,7,9H2,1-2H3,(H,17,18,19)/t11-,13-/m1/s1. The lowest BCUT2D eigenvalue weighted by Gasteiger charge is -2.35. The molecule has 2 N–H and O–H groups in total. The third-order valence-electron chi connectivity index (χ3n) is 4.07. The number of nitrogens with zero attached hydrogens (tertiary/aromatic N) is 4. The molecule has 1 aliphatic rings. The number of aliphatic hydroxyl groups excluding tert-OH is 1. The molecule has 3 heterocycles. The summed E-state index contributed by atoms with van der Waals surface area (Å²) < 4.78 is 5.18. The van der Waals surface area contributed by atoms with Crippen LogP contribution in [0.2, 0.25) is 0 Å². The number of carbonyl (C=O) groups excluding carboxylic acids is 1. The van der Waals surface area contributed by atoms with Crippen LogP contribution < -0.4 is 5.32 Å². The van der Waals surface area contributed by atoms with E-state index in [1.807, 2.05) is 13.8 Å². The van der Waals surface area contributed by atoms with E-state index in [2.05, 4.69) is 20.4 Å². The summed E-state index contributed by atoms with van der Waals surface area (Å²) in [5.74, 6) is 1.10. The van der Waals surface area contributed by atoms with E-state index in [4.69, 9.17) is 4.52 Å². The Morgan fingerprint density at radius 3 is 2.79 bits per heavy atom. The number of rotatable bonds is 4. The Balaban J connectivity index is 1.61. The fourth-order valence-corrected chi connectivity index (χ4v) is 2.65. The highest BCUT2D eigenvalue weighted by molar-refractivity contribution is 5.92. The zero-order valence-corrected chi connectivity index (χ0v) is 13.7. The smallest absolute Gasteiger partial charge is 0.276 e. The Hall–Kier alpha value is -2.48. The maximum Gasteiger partial charge on any atom is 0.276 e. The van der Waals surface area contributed by atoms with Gasteiger partial charge in [0.05, 0.1) is 12.1 Å². The number of hydrogen-bond acceptors (Lipinski definition) is 7. The first-order valence-corrected chi connectivity index (χ1v) is 8.02. The average molecular weight is 331 g/mol. The van der Waals surface area contributed by atoms with Gasteiger partial charge in [-0.3, -0.25) is 4.79 Å². The topological polar surface area (TPSA) is 104 Å². The number of aliphatic hydroxyl groups is 1. The van der Waals surface area contributed by atoms with Crippen LogP contribution in [-0.2, 0) is 0 Å². The molecule has 0 spiro atoms. The molecule has 0 unspecified atom stereocenters. The first-order valence-electron chi connectivity index (χ1n) is 8.02. The van der Waals surface area contributed by atoms with Crippen LogP contribution in [0, 0.1) is 0 Å². The Bertz CT molecular complexity index is 688. The SMILES string of the molecule is CC(C)c1cc(C(=O)N2CC[C@@H](Nc3ncccn3)[C@H](O)C2)no1. The molecule has 8 nitrogen and oxygen atoms in total. The molecule has 2 aromatic heterocycles. The van der Waals surface area contributed by atoms with E-state index in [1.54, 1.807) is 29.4 Å². The lowest BCUT2D eigenvalue weighted by Crippen LogP contribution is -2.51. The molecule has 1 saturated heterocycles. The van der Waals surface area contributed by atoms with E-state index >= 15 is 0 Å². The summed E-state index contributed by atoms with van der Waals surface area (Å²) in [4.78, 5) is 22.3. The van der Waals surface area contributed by atoms with Gasteiger partial charge in [0.25, 0.3) is 5.91 Å². The van der Waals surface area contributed by atoms with Gasteiger partial charge >= 0.3 is 0 Å². The third kappa shape index (κ3) is 3.53. The van der Waals surface area contributed by atoms with Crippen LogP contribution in [0.4, 0.5) is 5.95 Å². The largest absolute Gasteiger partial charge is 0.389 e. The first-order chi connectivity index (χ1) is 11.5. The van der Waals surface area contributed by atoms with Crippen LogP contribution in [0.1, 0.15) is 42.4 Å². The average Bonchev–Trinajstić information content (AvgIpc) is 3.07. The predicted octanol–water partition coefficient (Wildman–Crippen LogP) is 1.28. The van der Waals surface area contributed by atoms with Gasteiger partial charge in [-0.1, -0.05) is 19.0 Å². The molecule has 2 atom stereocenters. The highest BCUT2D eigenvalue weighted by atomic mass is 16.5. The summed E-state index contributed by atoms with van der Waals surface area (Å²) >= 11 is 0. The summed E-state index contributed by atoms with van der Waals surface area (Å²) in [7, 11) is 0. The molecule has 128 valence electrons. The Morgan fingerprint density at radius 2 is 2.17 bits per heavy atom. The molecule has 1 fully saturated rings. The molecule has 24 heavy (non-hydrogen) atoms. The van der Waals surface area contributed by atoms with E-state index in [1.165, 1.54) is 0 Å². The quantitative estimate of drug-likeness (QED) is 0.869. The first kappa shape index (κ1) is 16.4. The van der Waals surface area contributed by atoms with Gasteiger partial charge in [-0.25, -0.2) is 9.97 Å². The second kappa shape index (κ2) is 6.96. The molecule has 0 saturated carbocycles. The summed E-state index contributed by atoms with van der Waals surface area (Å²) in [6, 6.07) is 3.20. The van der Waals surface area contributed by atoms with E-state index < -0.39 is 6.10 Å². The normalized spacial score (nSPS) is 21.1. The summed E-state index contributed by atoms with van der Waals surface area (Å²) in [5, 5.41) is 17.3. The van der Waals surface area contributed by atoms with Crippen molar-refractivity contribution in [1.29, 1.82) is 0 Å². The number of nitrogens with one attached hydrogen (secondary N) is 1. The van der Waals surface area contributed by atoms with Crippen molar-refractivity contribution in [3.63, 3.8) is 0 Å². The van der Waals surface area contributed by atoms with Crippen LogP contribution in [0.3, 0.4) is 0 Å². The van der Waals surface area contributed by atoms with E-state index in [-0.39, 0.29) is 30.1 Å². The van der Waals surface area contributed by atoms with Gasteiger partial charge in [-0.15, -0.1) is 0 Å².